The van der Waals surface area contributed by atoms with E-state index >= 15 is 0 Å². The van der Waals surface area contributed by atoms with Gasteiger partial charge in [0.2, 0.25) is 0 Å². The molecular formula is C12H20N4O4S. The van der Waals surface area contributed by atoms with Gasteiger partial charge in [-0.05, 0) is 26.7 Å². The lowest BCUT2D eigenvalue weighted by Crippen LogP contribution is -2.46. The summed E-state index contributed by atoms with van der Waals surface area (Å²) in [5, 5.41) is 6.59. The first kappa shape index (κ1) is 15.9. The van der Waals surface area contributed by atoms with Crippen LogP contribution in [0.25, 0.3) is 0 Å². The Morgan fingerprint density at radius 2 is 2.38 bits per heavy atom. The van der Waals surface area contributed by atoms with Crippen LogP contribution in [-0.4, -0.2) is 48.1 Å². The Labute approximate surface area is 124 Å². The molecule has 1 aromatic rings. The number of aryl methyl sites for hydroxylation is 1. The molecular weight excluding hydrogens is 296 g/mol. The number of esters is 1. The van der Waals surface area contributed by atoms with Gasteiger partial charge in [0.1, 0.15) is 6.04 Å². The number of rotatable bonds is 6. The number of aromatic amines is 1. The van der Waals surface area contributed by atoms with Gasteiger partial charge in [-0.15, -0.1) is 0 Å². The normalized spacial score (nSPS) is 19.8. The third kappa shape index (κ3) is 3.60. The molecule has 1 aliphatic heterocycles. The van der Waals surface area contributed by atoms with E-state index in [1.165, 1.54) is 4.31 Å². The van der Waals surface area contributed by atoms with Crippen molar-refractivity contribution in [1.82, 2.24) is 19.2 Å². The lowest BCUT2D eigenvalue weighted by Gasteiger charge is -2.22. The van der Waals surface area contributed by atoms with Crippen molar-refractivity contribution in [3.8, 4) is 0 Å². The summed E-state index contributed by atoms with van der Waals surface area (Å²) in [4.78, 5) is 11.8. The summed E-state index contributed by atoms with van der Waals surface area (Å²) >= 11 is 0. The number of nitrogens with one attached hydrogen (secondary N) is 2. The Kier molecular flexibility index (Phi) is 4.96. The van der Waals surface area contributed by atoms with Crippen molar-refractivity contribution in [1.29, 1.82) is 0 Å². The second-order valence-corrected chi connectivity index (χ2v) is 6.58. The molecule has 8 nitrogen and oxygen atoms in total. The van der Waals surface area contributed by atoms with Crippen molar-refractivity contribution in [2.45, 2.75) is 39.3 Å². The Hall–Kier alpha value is -1.45. The Morgan fingerprint density at radius 1 is 1.62 bits per heavy atom. The van der Waals surface area contributed by atoms with Gasteiger partial charge in [-0.2, -0.15) is 22.5 Å². The second-order valence-electron chi connectivity index (χ2n) is 4.87. The molecule has 1 unspecified atom stereocenters. The van der Waals surface area contributed by atoms with Gasteiger partial charge < -0.3 is 4.74 Å². The summed E-state index contributed by atoms with van der Waals surface area (Å²) in [5.74, 6) is -0.486. The van der Waals surface area contributed by atoms with E-state index in [-0.39, 0.29) is 13.2 Å². The highest BCUT2D eigenvalue weighted by Gasteiger charge is 2.39. The fourth-order valence-corrected chi connectivity index (χ4v) is 3.71. The molecule has 2 N–H and O–H groups in total. The molecule has 1 fully saturated rings. The van der Waals surface area contributed by atoms with Crippen LogP contribution in [0.4, 0.5) is 0 Å². The van der Waals surface area contributed by atoms with Crippen molar-refractivity contribution in [2.24, 2.45) is 0 Å². The van der Waals surface area contributed by atoms with E-state index in [2.05, 4.69) is 14.9 Å². The van der Waals surface area contributed by atoms with Crippen LogP contribution in [0, 0.1) is 6.92 Å². The lowest BCUT2D eigenvalue weighted by molar-refractivity contribution is -0.146. The zero-order chi connectivity index (χ0) is 15.5. The van der Waals surface area contributed by atoms with E-state index in [0.29, 0.717) is 19.4 Å². The first-order chi connectivity index (χ1) is 9.95. The topological polar surface area (TPSA) is 104 Å². The molecule has 118 valence electrons. The number of H-pyrrole nitrogens is 1. The van der Waals surface area contributed by atoms with E-state index in [1.807, 2.05) is 6.92 Å². The number of carbonyl (C=O) groups is 1. The zero-order valence-corrected chi connectivity index (χ0v) is 12.9. The van der Waals surface area contributed by atoms with E-state index < -0.39 is 22.2 Å². The standard InChI is InChI=1S/C12H20N4O4S/c1-3-20-12(17)11-5-4-6-16(11)21(18,19)14-8-10-7-13-15-9(10)2/h7,11,14H,3-6,8H2,1-2H3,(H,13,15). The predicted molar refractivity (Wildman–Crippen MR) is 75.4 cm³/mol. The quantitative estimate of drug-likeness (QED) is 0.723. The molecule has 0 amide bonds. The number of ether oxygens (including phenoxy) is 1. The number of hydrogen-bond acceptors (Lipinski definition) is 5. The van der Waals surface area contributed by atoms with Crippen LogP contribution in [0.1, 0.15) is 31.0 Å². The number of hydrogen-bond donors (Lipinski definition) is 2. The summed E-state index contributed by atoms with van der Waals surface area (Å²) in [7, 11) is -3.72. The van der Waals surface area contributed by atoms with Gasteiger partial charge in [-0.1, -0.05) is 0 Å². The third-order valence-electron chi connectivity index (χ3n) is 3.45. The smallest absolute Gasteiger partial charge is 0.324 e. The molecule has 0 saturated carbocycles. The van der Waals surface area contributed by atoms with Crippen LogP contribution in [0.3, 0.4) is 0 Å². The molecule has 0 aliphatic carbocycles. The summed E-state index contributed by atoms with van der Waals surface area (Å²) in [6.07, 6.45) is 2.71. The van der Waals surface area contributed by atoms with Crippen LogP contribution < -0.4 is 4.72 Å². The lowest BCUT2D eigenvalue weighted by atomic mass is 10.2. The van der Waals surface area contributed by atoms with Gasteiger partial charge in [0.05, 0.1) is 12.8 Å². The molecule has 0 spiro atoms. The fourth-order valence-electron chi connectivity index (χ4n) is 2.31. The zero-order valence-electron chi connectivity index (χ0n) is 12.1. The average Bonchev–Trinajstić information content (AvgIpc) is 3.05. The van der Waals surface area contributed by atoms with Crippen LogP contribution in [-0.2, 0) is 26.3 Å². The first-order valence-electron chi connectivity index (χ1n) is 6.87. The Bertz CT molecular complexity index is 598. The number of nitrogens with zero attached hydrogens (tertiary/aromatic N) is 2. The SMILES string of the molecule is CCOC(=O)C1CCCN1S(=O)(=O)NCc1cn[nH]c1C. The Morgan fingerprint density at radius 3 is 3.00 bits per heavy atom. The highest BCUT2D eigenvalue weighted by atomic mass is 32.2. The second kappa shape index (κ2) is 6.54. The van der Waals surface area contributed by atoms with E-state index in [0.717, 1.165) is 11.3 Å². The number of aromatic nitrogens is 2. The highest BCUT2D eigenvalue weighted by molar-refractivity contribution is 7.87. The minimum atomic E-state index is -3.72. The molecule has 2 rings (SSSR count). The van der Waals surface area contributed by atoms with Gasteiger partial charge in [0.15, 0.2) is 0 Å². The highest BCUT2D eigenvalue weighted by Crippen LogP contribution is 2.21. The summed E-state index contributed by atoms with van der Waals surface area (Å²) in [5.41, 5.74) is 1.58. The molecule has 1 aromatic heterocycles. The van der Waals surface area contributed by atoms with Crippen LogP contribution in [0.5, 0.6) is 0 Å². The molecule has 0 radical (unpaired) electrons. The average molecular weight is 316 g/mol. The van der Waals surface area contributed by atoms with Gasteiger partial charge in [-0.3, -0.25) is 9.89 Å². The van der Waals surface area contributed by atoms with Crippen molar-refractivity contribution in [3.63, 3.8) is 0 Å². The molecule has 21 heavy (non-hydrogen) atoms. The van der Waals surface area contributed by atoms with E-state index in [1.54, 1.807) is 13.1 Å². The molecule has 1 saturated heterocycles. The summed E-state index contributed by atoms with van der Waals surface area (Å²) < 4.78 is 33.3. The molecule has 1 aliphatic rings. The summed E-state index contributed by atoms with van der Waals surface area (Å²) in [6.45, 7) is 4.21. The minimum Gasteiger partial charge on any atom is -0.465 e. The van der Waals surface area contributed by atoms with E-state index in [9.17, 15) is 13.2 Å². The van der Waals surface area contributed by atoms with Gasteiger partial charge in [0.25, 0.3) is 10.2 Å². The molecule has 1 atom stereocenters. The maximum atomic E-state index is 12.3. The molecule has 9 heteroatoms. The molecule has 0 bridgehead atoms. The van der Waals surface area contributed by atoms with Crippen molar-refractivity contribution >= 4 is 16.2 Å². The monoisotopic (exact) mass is 316 g/mol. The Balaban J connectivity index is 2.04. The molecule has 2 heterocycles. The summed E-state index contributed by atoms with van der Waals surface area (Å²) in [6, 6.07) is -0.729. The largest absolute Gasteiger partial charge is 0.465 e. The van der Waals surface area contributed by atoms with Crippen molar-refractivity contribution < 1.29 is 17.9 Å². The fraction of sp³-hybridized carbons (Fsp3) is 0.667. The van der Waals surface area contributed by atoms with Crippen LogP contribution in [0.2, 0.25) is 0 Å². The third-order valence-corrected chi connectivity index (χ3v) is 5.01. The molecule has 0 aromatic carbocycles. The van der Waals surface area contributed by atoms with Gasteiger partial charge in [-0.25, -0.2) is 0 Å². The number of carbonyl (C=O) groups excluding carboxylic acids is 1. The van der Waals surface area contributed by atoms with Crippen LogP contribution in [0.15, 0.2) is 6.20 Å². The minimum absolute atomic E-state index is 0.136. The maximum Gasteiger partial charge on any atom is 0.324 e. The predicted octanol–water partition coefficient (Wildman–Crippen LogP) is 0.0800. The van der Waals surface area contributed by atoms with E-state index in [4.69, 9.17) is 4.74 Å². The maximum absolute atomic E-state index is 12.3. The van der Waals surface area contributed by atoms with Gasteiger partial charge in [0, 0.05) is 24.3 Å². The van der Waals surface area contributed by atoms with Crippen LogP contribution >= 0.6 is 0 Å². The van der Waals surface area contributed by atoms with Crippen molar-refractivity contribution in [2.75, 3.05) is 13.2 Å². The first-order valence-corrected chi connectivity index (χ1v) is 8.31. The van der Waals surface area contributed by atoms with Gasteiger partial charge >= 0.3 is 5.97 Å². The van der Waals surface area contributed by atoms with Crippen molar-refractivity contribution in [3.05, 3.63) is 17.5 Å².